The van der Waals surface area contributed by atoms with Crippen molar-refractivity contribution in [3.05, 3.63) is 27.9 Å². The molecule has 0 amide bonds. The number of rotatable bonds is 1. The first kappa shape index (κ1) is 11.2. The molecule has 0 spiro atoms. The zero-order chi connectivity index (χ0) is 11.8. The highest BCUT2D eigenvalue weighted by atomic mass is 19.4. The third-order valence-electron chi connectivity index (χ3n) is 1.61. The maximum atomic E-state index is 12.2. The molecule has 0 aliphatic heterocycles. The lowest BCUT2D eigenvalue weighted by Gasteiger charge is -2.08. The number of carbonyl (C=O) groups is 1. The lowest BCUT2D eigenvalue weighted by atomic mass is 10.2. The summed E-state index contributed by atoms with van der Waals surface area (Å²) in [6, 6.07) is 0. The summed E-state index contributed by atoms with van der Waals surface area (Å²) in [7, 11) is 1.11. The van der Waals surface area contributed by atoms with Crippen molar-refractivity contribution >= 4 is 5.97 Å². The fourth-order valence-corrected chi connectivity index (χ4v) is 0.947. The topological polar surface area (TPSA) is 72.2 Å². The molecule has 15 heavy (non-hydrogen) atoms. The first-order chi connectivity index (χ1) is 6.75. The normalized spacial score (nSPS) is 11.5. The highest BCUT2D eigenvalue weighted by molar-refractivity contribution is 5.88. The van der Waals surface area contributed by atoms with E-state index in [0.29, 0.717) is 10.9 Å². The van der Waals surface area contributed by atoms with Gasteiger partial charge in [0.15, 0.2) is 11.3 Å². The summed E-state index contributed by atoms with van der Waals surface area (Å²) in [6.45, 7) is 0. The minimum Gasteiger partial charge on any atom is -0.477 e. The number of carboxylic acid groups (broad SMARTS) is 1. The Labute approximate surface area is 80.8 Å². The second-order valence-corrected chi connectivity index (χ2v) is 2.69. The third kappa shape index (κ3) is 1.97. The van der Waals surface area contributed by atoms with Gasteiger partial charge in [-0.05, 0) is 0 Å². The van der Waals surface area contributed by atoms with E-state index >= 15 is 0 Å². The molecule has 5 nitrogen and oxygen atoms in total. The zero-order valence-corrected chi connectivity index (χ0v) is 7.37. The molecule has 0 saturated heterocycles. The molecule has 8 heteroatoms. The van der Waals surface area contributed by atoms with Crippen molar-refractivity contribution < 1.29 is 23.1 Å². The quantitative estimate of drug-likeness (QED) is 0.750. The Kier molecular flexibility index (Phi) is 2.52. The highest BCUT2D eigenvalue weighted by Gasteiger charge is 2.39. The predicted octanol–water partition coefficient (Wildman–Crippen LogP) is 0.497. The van der Waals surface area contributed by atoms with Crippen molar-refractivity contribution in [1.29, 1.82) is 0 Å². The number of hydrogen-bond acceptors (Lipinski definition) is 3. The summed E-state index contributed by atoms with van der Waals surface area (Å²) in [4.78, 5) is 24.5. The van der Waals surface area contributed by atoms with Crippen molar-refractivity contribution in [2.24, 2.45) is 7.05 Å². The molecule has 1 rings (SSSR count). The first-order valence-electron chi connectivity index (χ1n) is 3.61. The van der Waals surface area contributed by atoms with Crippen LogP contribution in [0.2, 0.25) is 0 Å². The van der Waals surface area contributed by atoms with Gasteiger partial charge in [0.1, 0.15) is 0 Å². The molecule has 0 bridgehead atoms. The summed E-state index contributed by atoms with van der Waals surface area (Å²) in [5, 5.41) is 8.48. The molecule has 0 aromatic carbocycles. The molecule has 82 valence electrons. The molecule has 1 aromatic rings. The van der Waals surface area contributed by atoms with Gasteiger partial charge in [-0.2, -0.15) is 13.2 Å². The van der Waals surface area contributed by atoms with Gasteiger partial charge in [0, 0.05) is 7.05 Å². The standard InChI is InChI=1S/C7H5F3N2O3/c1-12-2-11-4(7(8,9)10)3(5(12)13)6(14)15/h2H,1H3,(H,14,15). The minimum atomic E-state index is -4.96. The van der Waals surface area contributed by atoms with Crippen molar-refractivity contribution in [3.63, 3.8) is 0 Å². The molecule has 0 radical (unpaired) electrons. The molecule has 0 fully saturated rings. The molecule has 0 unspecified atom stereocenters. The summed E-state index contributed by atoms with van der Waals surface area (Å²) < 4.78 is 37.4. The van der Waals surface area contributed by atoms with Gasteiger partial charge < -0.3 is 9.67 Å². The minimum absolute atomic E-state index is 0.623. The van der Waals surface area contributed by atoms with Crippen LogP contribution in [0.25, 0.3) is 0 Å². The van der Waals surface area contributed by atoms with Gasteiger partial charge in [-0.15, -0.1) is 0 Å². The summed E-state index contributed by atoms with van der Waals surface area (Å²) in [6.07, 6.45) is -4.33. The van der Waals surface area contributed by atoms with Crippen LogP contribution in [-0.2, 0) is 13.2 Å². The van der Waals surface area contributed by atoms with Crippen molar-refractivity contribution in [1.82, 2.24) is 9.55 Å². The first-order valence-corrected chi connectivity index (χ1v) is 3.61. The zero-order valence-electron chi connectivity index (χ0n) is 7.37. The van der Waals surface area contributed by atoms with Crippen LogP contribution >= 0.6 is 0 Å². The number of nitrogens with zero attached hydrogens (tertiary/aromatic N) is 2. The maximum absolute atomic E-state index is 12.2. The molecule has 0 aliphatic carbocycles. The summed E-state index contributed by atoms with van der Waals surface area (Å²) >= 11 is 0. The predicted molar refractivity (Wildman–Crippen MR) is 41.4 cm³/mol. The Bertz CT molecular complexity index is 464. The molecule has 0 saturated carbocycles. The van der Waals surface area contributed by atoms with Gasteiger partial charge in [0.05, 0.1) is 6.33 Å². The summed E-state index contributed by atoms with van der Waals surface area (Å²) in [5.74, 6) is -1.95. The van der Waals surface area contributed by atoms with E-state index < -0.39 is 29.0 Å². The maximum Gasteiger partial charge on any atom is 0.434 e. The van der Waals surface area contributed by atoms with Crippen LogP contribution < -0.4 is 5.56 Å². The lowest BCUT2D eigenvalue weighted by Crippen LogP contribution is -2.30. The van der Waals surface area contributed by atoms with Gasteiger partial charge in [-0.1, -0.05) is 0 Å². The van der Waals surface area contributed by atoms with E-state index in [0.717, 1.165) is 7.05 Å². The monoisotopic (exact) mass is 222 g/mol. The van der Waals surface area contributed by atoms with E-state index in [1.165, 1.54) is 0 Å². The lowest BCUT2D eigenvalue weighted by molar-refractivity contribution is -0.141. The van der Waals surface area contributed by atoms with E-state index in [1.54, 1.807) is 0 Å². The molecule has 1 aromatic heterocycles. The van der Waals surface area contributed by atoms with Crippen LogP contribution in [0.1, 0.15) is 16.1 Å². The van der Waals surface area contributed by atoms with E-state index in [1.807, 2.05) is 0 Å². The number of alkyl halides is 3. The fraction of sp³-hybridized carbons (Fsp3) is 0.286. The van der Waals surface area contributed by atoms with Gasteiger partial charge in [-0.25, -0.2) is 9.78 Å². The fourth-order valence-electron chi connectivity index (χ4n) is 0.947. The molecular weight excluding hydrogens is 217 g/mol. The highest BCUT2D eigenvalue weighted by Crippen LogP contribution is 2.28. The Morgan fingerprint density at radius 3 is 2.47 bits per heavy atom. The van der Waals surface area contributed by atoms with Crippen LogP contribution in [-0.4, -0.2) is 20.6 Å². The van der Waals surface area contributed by atoms with Crippen molar-refractivity contribution in [2.75, 3.05) is 0 Å². The van der Waals surface area contributed by atoms with E-state index in [9.17, 15) is 22.8 Å². The average molecular weight is 222 g/mol. The Hall–Kier alpha value is -1.86. The number of hydrogen-bond donors (Lipinski definition) is 1. The average Bonchev–Trinajstić information content (AvgIpc) is 2.06. The second kappa shape index (κ2) is 3.37. The van der Waals surface area contributed by atoms with Crippen LogP contribution in [0.3, 0.4) is 0 Å². The third-order valence-corrected chi connectivity index (χ3v) is 1.61. The van der Waals surface area contributed by atoms with Gasteiger partial charge in [-0.3, -0.25) is 4.79 Å². The van der Waals surface area contributed by atoms with Crippen LogP contribution in [0, 0.1) is 0 Å². The number of carboxylic acids is 1. The van der Waals surface area contributed by atoms with Gasteiger partial charge in [0.25, 0.3) is 5.56 Å². The molecule has 0 atom stereocenters. The Balaban J connectivity index is 3.63. The van der Waals surface area contributed by atoms with Gasteiger partial charge >= 0.3 is 12.1 Å². The molecule has 1 heterocycles. The van der Waals surface area contributed by atoms with E-state index in [2.05, 4.69) is 4.98 Å². The Morgan fingerprint density at radius 2 is 2.07 bits per heavy atom. The van der Waals surface area contributed by atoms with E-state index in [-0.39, 0.29) is 0 Å². The number of halogens is 3. The Morgan fingerprint density at radius 1 is 1.53 bits per heavy atom. The van der Waals surface area contributed by atoms with Crippen molar-refractivity contribution in [3.8, 4) is 0 Å². The van der Waals surface area contributed by atoms with Crippen molar-refractivity contribution in [2.45, 2.75) is 6.18 Å². The van der Waals surface area contributed by atoms with Crippen LogP contribution in [0.4, 0.5) is 13.2 Å². The number of aryl methyl sites for hydroxylation is 1. The SMILES string of the molecule is Cn1cnc(C(F)(F)F)c(C(=O)O)c1=O. The smallest absolute Gasteiger partial charge is 0.434 e. The van der Waals surface area contributed by atoms with Crippen LogP contribution in [0.15, 0.2) is 11.1 Å². The molecule has 1 N–H and O–H groups in total. The second-order valence-electron chi connectivity index (χ2n) is 2.69. The largest absolute Gasteiger partial charge is 0.477 e. The van der Waals surface area contributed by atoms with Crippen LogP contribution in [0.5, 0.6) is 0 Å². The molecular formula is C7H5F3N2O3. The van der Waals surface area contributed by atoms with Gasteiger partial charge in [0.2, 0.25) is 0 Å². The number of aromatic carboxylic acids is 1. The molecule has 0 aliphatic rings. The van der Waals surface area contributed by atoms with E-state index in [4.69, 9.17) is 5.11 Å². The summed E-state index contributed by atoms with van der Waals surface area (Å²) in [5.41, 5.74) is -4.30. The number of aromatic nitrogens is 2.